The summed E-state index contributed by atoms with van der Waals surface area (Å²) in [7, 11) is 3.60. The molecule has 0 amide bonds. The highest BCUT2D eigenvalue weighted by Gasteiger charge is 2.23. The molecule has 7 heteroatoms. The quantitative estimate of drug-likeness (QED) is 0.894. The standard InChI is InChI=1S/C11H11Br2FN4/c1-15-9(10-11(13)16-17-18(10)2)6-4-3-5-7(14)8(6)12/h3-5,9,15H,1-2H3. The smallest absolute Gasteiger partial charge is 0.153 e. The van der Waals surface area contributed by atoms with Crippen molar-refractivity contribution in [3.63, 3.8) is 0 Å². The molecule has 0 bridgehead atoms. The van der Waals surface area contributed by atoms with Gasteiger partial charge in [-0.3, -0.25) is 0 Å². The van der Waals surface area contributed by atoms with Crippen molar-refractivity contribution >= 4 is 31.9 Å². The molecule has 0 saturated heterocycles. The van der Waals surface area contributed by atoms with E-state index < -0.39 is 0 Å². The molecule has 1 aromatic heterocycles. The molecule has 4 nitrogen and oxygen atoms in total. The lowest BCUT2D eigenvalue weighted by atomic mass is 10.0. The average molecular weight is 378 g/mol. The third kappa shape index (κ3) is 2.34. The van der Waals surface area contributed by atoms with Gasteiger partial charge in [-0.1, -0.05) is 17.3 Å². The molecule has 0 fully saturated rings. The van der Waals surface area contributed by atoms with E-state index in [1.807, 2.05) is 6.07 Å². The fourth-order valence-corrected chi connectivity index (χ4v) is 2.88. The zero-order valence-corrected chi connectivity index (χ0v) is 13.0. The van der Waals surface area contributed by atoms with E-state index in [-0.39, 0.29) is 11.9 Å². The third-order valence-corrected chi connectivity index (χ3v) is 4.08. The van der Waals surface area contributed by atoms with Gasteiger partial charge in [0.15, 0.2) is 4.60 Å². The van der Waals surface area contributed by atoms with Crippen molar-refractivity contribution in [3.8, 4) is 0 Å². The Morgan fingerprint density at radius 2 is 2.11 bits per heavy atom. The monoisotopic (exact) mass is 376 g/mol. The van der Waals surface area contributed by atoms with E-state index in [0.717, 1.165) is 11.3 Å². The summed E-state index contributed by atoms with van der Waals surface area (Å²) >= 11 is 6.63. The maximum absolute atomic E-state index is 13.6. The van der Waals surface area contributed by atoms with Crippen LogP contribution < -0.4 is 5.32 Å². The van der Waals surface area contributed by atoms with Gasteiger partial charge in [-0.2, -0.15) is 0 Å². The fraction of sp³-hybridized carbons (Fsp3) is 0.273. The van der Waals surface area contributed by atoms with Crippen LogP contribution in [-0.2, 0) is 7.05 Å². The summed E-state index contributed by atoms with van der Waals surface area (Å²) in [6.45, 7) is 0. The normalized spacial score (nSPS) is 12.7. The summed E-state index contributed by atoms with van der Waals surface area (Å²) in [6.07, 6.45) is 0. The minimum Gasteiger partial charge on any atom is -0.308 e. The summed E-state index contributed by atoms with van der Waals surface area (Å²) in [6, 6.07) is 4.74. The minimum absolute atomic E-state index is 0.204. The molecule has 2 aromatic rings. The van der Waals surface area contributed by atoms with E-state index in [4.69, 9.17) is 0 Å². The number of aryl methyl sites for hydroxylation is 1. The second kappa shape index (κ2) is 5.46. The number of hydrogen-bond acceptors (Lipinski definition) is 3. The molecule has 96 valence electrons. The predicted molar refractivity (Wildman–Crippen MR) is 73.7 cm³/mol. The lowest BCUT2D eigenvalue weighted by Gasteiger charge is -2.18. The van der Waals surface area contributed by atoms with Crippen LogP contribution in [0, 0.1) is 5.82 Å². The first-order valence-corrected chi connectivity index (χ1v) is 6.81. The van der Waals surface area contributed by atoms with Crippen molar-refractivity contribution in [2.75, 3.05) is 7.05 Å². The molecule has 0 saturated carbocycles. The molecule has 1 atom stereocenters. The van der Waals surface area contributed by atoms with Gasteiger partial charge in [-0.25, -0.2) is 9.07 Å². The molecule has 0 aliphatic heterocycles. The number of benzene rings is 1. The molecule has 0 spiro atoms. The maximum atomic E-state index is 13.6. The number of halogens is 3. The van der Waals surface area contributed by atoms with E-state index in [1.54, 1.807) is 24.8 Å². The molecule has 0 aliphatic carbocycles. The minimum atomic E-state index is -0.293. The van der Waals surface area contributed by atoms with Crippen LogP contribution in [0.3, 0.4) is 0 Å². The van der Waals surface area contributed by atoms with Gasteiger partial charge < -0.3 is 5.32 Å². The summed E-state index contributed by atoms with van der Waals surface area (Å²) in [5.74, 6) is -0.293. The van der Waals surface area contributed by atoms with Crippen molar-refractivity contribution in [2.24, 2.45) is 7.05 Å². The number of nitrogens with one attached hydrogen (secondary N) is 1. The number of rotatable bonds is 3. The van der Waals surface area contributed by atoms with Crippen molar-refractivity contribution in [1.82, 2.24) is 20.3 Å². The molecular weight excluding hydrogens is 367 g/mol. The molecular formula is C11H11Br2FN4. The van der Waals surface area contributed by atoms with E-state index in [1.165, 1.54) is 6.07 Å². The largest absolute Gasteiger partial charge is 0.308 e. The summed E-state index contributed by atoms with van der Waals surface area (Å²) in [5, 5.41) is 11.0. The molecule has 1 aromatic carbocycles. The van der Waals surface area contributed by atoms with Gasteiger partial charge in [-0.05, 0) is 50.5 Å². The Balaban J connectivity index is 2.56. The van der Waals surface area contributed by atoms with Gasteiger partial charge in [0.05, 0.1) is 16.2 Å². The molecule has 0 radical (unpaired) electrons. The lowest BCUT2D eigenvalue weighted by molar-refractivity contribution is 0.580. The van der Waals surface area contributed by atoms with E-state index in [2.05, 4.69) is 47.5 Å². The van der Waals surface area contributed by atoms with Crippen molar-refractivity contribution in [3.05, 3.63) is 44.3 Å². The Labute approximate surface area is 121 Å². The van der Waals surface area contributed by atoms with Crippen LogP contribution in [0.1, 0.15) is 17.3 Å². The van der Waals surface area contributed by atoms with E-state index in [9.17, 15) is 4.39 Å². The zero-order valence-electron chi connectivity index (χ0n) is 9.78. The van der Waals surface area contributed by atoms with Crippen molar-refractivity contribution in [2.45, 2.75) is 6.04 Å². The number of hydrogen-bond donors (Lipinski definition) is 1. The highest BCUT2D eigenvalue weighted by Crippen LogP contribution is 2.32. The van der Waals surface area contributed by atoms with Crippen LogP contribution in [-0.4, -0.2) is 22.0 Å². The van der Waals surface area contributed by atoms with Gasteiger partial charge in [0, 0.05) is 7.05 Å². The first kappa shape index (κ1) is 13.6. The Kier molecular flexibility index (Phi) is 4.14. The maximum Gasteiger partial charge on any atom is 0.153 e. The number of nitrogens with zero attached hydrogens (tertiary/aromatic N) is 3. The Bertz CT molecular complexity index is 551. The predicted octanol–water partition coefficient (Wildman–Crippen LogP) is 2.79. The van der Waals surface area contributed by atoms with Crippen LogP contribution in [0.5, 0.6) is 0 Å². The van der Waals surface area contributed by atoms with Crippen LogP contribution in [0.2, 0.25) is 0 Å². The topological polar surface area (TPSA) is 42.7 Å². The van der Waals surface area contributed by atoms with Gasteiger partial charge in [-0.15, -0.1) is 5.10 Å². The Morgan fingerprint density at radius 3 is 2.67 bits per heavy atom. The van der Waals surface area contributed by atoms with E-state index in [0.29, 0.717) is 9.08 Å². The Hall–Kier alpha value is -0.790. The summed E-state index contributed by atoms with van der Waals surface area (Å²) < 4.78 is 16.3. The van der Waals surface area contributed by atoms with Crippen LogP contribution in [0.15, 0.2) is 27.3 Å². The fourth-order valence-electron chi connectivity index (χ4n) is 1.83. The second-order valence-corrected chi connectivity index (χ2v) is 5.30. The lowest BCUT2D eigenvalue weighted by Crippen LogP contribution is -2.21. The molecule has 2 rings (SSSR count). The van der Waals surface area contributed by atoms with Gasteiger partial charge >= 0.3 is 0 Å². The highest BCUT2D eigenvalue weighted by molar-refractivity contribution is 9.10. The SMILES string of the molecule is CNC(c1cccc(F)c1Br)c1c(Br)nnn1C. The number of aromatic nitrogens is 3. The Morgan fingerprint density at radius 1 is 1.39 bits per heavy atom. The molecule has 1 unspecified atom stereocenters. The third-order valence-electron chi connectivity index (χ3n) is 2.68. The first-order valence-electron chi connectivity index (χ1n) is 5.22. The summed E-state index contributed by atoms with van der Waals surface area (Å²) in [4.78, 5) is 0. The zero-order chi connectivity index (χ0) is 13.3. The van der Waals surface area contributed by atoms with Crippen molar-refractivity contribution < 1.29 is 4.39 Å². The van der Waals surface area contributed by atoms with Gasteiger partial charge in [0.2, 0.25) is 0 Å². The van der Waals surface area contributed by atoms with Crippen molar-refractivity contribution in [1.29, 1.82) is 0 Å². The van der Waals surface area contributed by atoms with E-state index >= 15 is 0 Å². The average Bonchev–Trinajstić information content (AvgIpc) is 2.67. The molecule has 1 N–H and O–H groups in total. The van der Waals surface area contributed by atoms with Crippen LogP contribution in [0.4, 0.5) is 4.39 Å². The summed E-state index contributed by atoms with van der Waals surface area (Å²) in [5.41, 5.74) is 1.63. The highest BCUT2D eigenvalue weighted by atomic mass is 79.9. The second-order valence-electron chi connectivity index (χ2n) is 3.75. The van der Waals surface area contributed by atoms with Gasteiger partial charge in [0.1, 0.15) is 5.82 Å². The molecule has 0 aliphatic rings. The first-order chi connectivity index (χ1) is 8.56. The molecule has 1 heterocycles. The van der Waals surface area contributed by atoms with Crippen LogP contribution in [0.25, 0.3) is 0 Å². The molecule has 18 heavy (non-hydrogen) atoms. The van der Waals surface area contributed by atoms with Crippen LogP contribution >= 0.6 is 31.9 Å². The van der Waals surface area contributed by atoms with Gasteiger partial charge in [0.25, 0.3) is 0 Å².